The molecule has 0 spiro atoms. The number of carbonyl (C=O) groups is 1. The summed E-state index contributed by atoms with van der Waals surface area (Å²) in [6.07, 6.45) is 0. The van der Waals surface area contributed by atoms with Gasteiger partial charge in [-0.1, -0.05) is 12.1 Å². The van der Waals surface area contributed by atoms with Crippen molar-refractivity contribution in [1.82, 2.24) is 9.71 Å². The SMILES string of the molecule is O=C(O)c1cccc(CNS(=O)(=O)c2ccc3[nH]c(=O)oc3c2)c1. The third-order valence-corrected chi connectivity index (χ3v) is 4.74. The number of aromatic amines is 1. The van der Waals surface area contributed by atoms with Gasteiger partial charge in [0.25, 0.3) is 0 Å². The van der Waals surface area contributed by atoms with E-state index >= 15 is 0 Å². The summed E-state index contributed by atoms with van der Waals surface area (Å²) in [6.45, 7) is -0.0709. The normalized spacial score (nSPS) is 11.7. The number of carboxylic acids is 1. The van der Waals surface area contributed by atoms with Crippen molar-refractivity contribution in [3.8, 4) is 0 Å². The average Bonchev–Trinajstić information content (AvgIpc) is 2.92. The third-order valence-electron chi connectivity index (χ3n) is 3.34. The molecule has 24 heavy (non-hydrogen) atoms. The number of aromatic nitrogens is 1. The van der Waals surface area contributed by atoms with Gasteiger partial charge in [-0.3, -0.25) is 4.98 Å². The zero-order chi connectivity index (χ0) is 17.3. The maximum absolute atomic E-state index is 12.3. The van der Waals surface area contributed by atoms with Crippen LogP contribution in [0.5, 0.6) is 0 Å². The van der Waals surface area contributed by atoms with Crippen LogP contribution in [0.1, 0.15) is 15.9 Å². The molecule has 1 heterocycles. The Morgan fingerprint density at radius 3 is 2.75 bits per heavy atom. The predicted molar refractivity (Wildman–Crippen MR) is 84.3 cm³/mol. The first-order chi connectivity index (χ1) is 11.3. The third kappa shape index (κ3) is 3.21. The van der Waals surface area contributed by atoms with E-state index in [-0.39, 0.29) is 22.6 Å². The van der Waals surface area contributed by atoms with Crippen LogP contribution in [-0.2, 0) is 16.6 Å². The van der Waals surface area contributed by atoms with Gasteiger partial charge in [0.05, 0.1) is 16.0 Å². The first-order valence-corrected chi connectivity index (χ1v) is 8.28. The Balaban J connectivity index is 1.83. The predicted octanol–water partition coefficient (Wildman–Crippen LogP) is 1.30. The molecule has 0 unspecified atom stereocenters. The molecular formula is C15H12N2O6S. The van der Waals surface area contributed by atoms with E-state index in [4.69, 9.17) is 9.52 Å². The van der Waals surface area contributed by atoms with Gasteiger partial charge in [-0.05, 0) is 29.8 Å². The second-order valence-electron chi connectivity index (χ2n) is 5.00. The second-order valence-corrected chi connectivity index (χ2v) is 6.77. The molecule has 3 aromatic rings. The van der Waals surface area contributed by atoms with E-state index in [0.717, 1.165) is 0 Å². The van der Waals surface area contributed by atoms with Crippen molar-refractivity contribution < 1.29 is 22.7 Å². The molecule has 9 heteroatoms. The molecule has 0 atom stereocenters. The molecule has 2 aromatic carbocycles. The summed E-state index contributed by atoms with van der Waals surface area (Å²) in [4.78, 5) is 24.4. The van der Waals surface area contributed by atoms with Gasteiger partial charge in [0.1, 0.15) is 0 Å². The van der Waals surface area contributed by atoms with Crippen molar-refractivity contribution in [3.05, 3.63) is 64.1 Å². The lowest BCUT2D eigenvalue weighted by atomic mass is 10.1. The molecule has 8 nitrogen and oxygen atoms in total. The Labute approximate surface area is 135 Å². The van der Waals surface area contributed by atoms with Crippen LogP contribution in [0.3, 0.4) is 0 Å². The molecule has 124 valence electrons. The topological polar surface area (TPSA) is 129 Å². The van der Waals surface area contributed by atoms with Gasteiger partial charge in [0, 0.05) is 12.6 Å². The zero-order valence-corrected chi connectivity index (χ0v) is 13.0. The molecule has 3 N–H and O–H groups in total. The highest BCUT2D eigenvalue weighted by atomic mass is 32.2. The molecule has 0 saturated heterocycles. The van der Waals surface area contributed by atoms with Gasteiger partial charge in [0.2, 0.25) is 10.0 Å². The van der Waals surface area contributed by atoms with Gasteiger partial charge in [0.15, 0.2) is 5.58 Å². The summed E-state index contributed by atoms with van der Waals surface area (Å²) in [6, 6.07) is 9.96. The Morgan fingerprint density at radius 1 is 1.21 bits per heavy atom. The van der Waals surface area contributed by atoms with E-state index in [1.54, 1.807) is 6.07 Å². The van der Waals surface area contributed by atoms with E-state index in [1.165, 1.54) is 36.4 Å². The molecule has 0 aliphatic rings. The molecule has 0 amide bonds. The molecule has 0 bridgehead atoms. The summed E-state index contributed by atoms with van der Waals surface area (Å²) >= 11 is 0. The number of H-pyrrole nitrogens is 1. The molecule has 0 aliphatic carbocycles. The van der Waals surface area contributed by atoms with E-state index in [2.05, 4.69) is 9.71 Å². The molecule has 3 rings (SSSR count). The number of hydrogen-bond donors (Lipinski definition) is 3. The lowest BCUT2D eigenvalue weighted by Gasteiger charge is -2.07. The summed E-state index contributed by atoms with van der Waals surface area (Å²) in [7, 11) is -3.85. The minimum absolute atomic E-state index is 0.0628. The number of rotatable bonds is 5. The number of fused-ring (bicyclic) bond motifs is 1. The summed E-state index contributed by atoms with van der Waals surface area (Å²) in [5.41, 5.74) is 1.11. The number of hydrogen-bond acceptors (Lipinski definition) is 5. The highest BCUT2D eigenvalue weighted by molar-refractivity contribution is 7.89. The first-order valence-electron chi connectivity index (χ1n) is 6.80. The standard InChI is InChI=1S/C15H12N2O6S/c18-14(19)10-3-1-2-9(6-10)8-16-24(21,22)11-4-5-12-13(7-11)23-15(20)17-12/h1-7,16H,8H2,(H,17,20)(H,18,19). The monoisotopic (exact) mass is 348 g/mol. The van der Waals surface area contributed by atoms with Crippen molar-refractivity contribution >= 4 is 27.1 Å². The largest absolute Gasteiger partial charge is 0.478 e. The molecular weight excluding hydrogens is 336 g/mol. The van der Waals surface area contributed by atoms with Crippen LogP contribution in [0.2, 0.25) is 0 Å². The Bertz CT molecular complexity index is 1080. The van der Waals surface area contributed by atoms with E-state index in [1.807, 2.05) is 0 Å². The van der Waals surface area contributed by atoms with Crippen molar-refractivity contribution in [1.29, 1.82) is 0 Å². The Morgan fingerprint density at radius 2 is 2.00 bits per heavy atom. The van der Waals surface area contributed by atoms with Gasteiger partial charge in [-0.2, -0.15) is 0 Å². The maximum atomic E-state index is 12.3. The molecule has 0 fully saturated rings. The first kappa shape index (κ1) is 16.0. The minimum Gasteiger partial charge on any atom is -0.478 e. The summed E-state index contributed by atoms with van der Waals surface area (Å²) in [5.74, 6) is -1.76. The molecule has 0 aliphatic heterocycles. The number of aromatic carboxylic acids is 1. The second kappa shape index (κ2) is 5.95. The molecule has 0 radical (unpaired) electrons. The van der Waals surface area contributed by atoms with Crippen molar-refractivity contribution in [3.63, 3.8) is 0 Å². The van der Waals surface area contributed by atoms with Gasteiger partial charge < -0.3 is 9.52 Å². The van der Waals surface area contributed by atoms with Gasteiger partial charge >= 0.3 is 11.7 Å². The van der Waals surface area contributed by atoms with Crippen LogP contribution in [-0.4, -0.2) is 24.5 Å². The summed E-state index contributed by atoms with van der Waals surface area (Å²) in [5, 5.41) is 8.94. The van der Waals surface area contributed by atoms with Crippen LogP contribution < -0.4 is 10.5 Å². The van der Waals surface area contributed by atoms with Crippen LogP contribution in [0.25, 0.3) is 11.1 Å². The number of carboxylic acid groups (broad SMARTS) is 1. The van der Waals surface area contributed by atoms with E-state index < -0.39 is 21.7 Å². The van der Waals surface area contributed by atoms with Crippen LogP contribution in [0, 0.1) is 0 Å². The highest BCUT2D eigenvalue weighted by Crippen LogP contribution is 2.17. The van der Waals surface area contributed by atoms with Crippen LogP contribution in [0.4, 0.5) is 0 Å². The molecule has 1 aromatic heterocycles. The smallest absolute Gasteiger partial charge is 0.417 e. The van der Waals surface area contributed by atoms with E-state index in [0.29, 0.717) is 11.1 Å². The van der Waals surface area contributed by atoms with Crippen molar-refractivity contribution in [2.75, 3.05) is 0 Å². The van der Waals surface area contributed by atoms with Gasteiger partial charge in [-0.15, -0.1) is 0 Å². The maximum Gasteiger partial charge on any atom is 0.417 e. The highest BCUT2D eigenvalue weighted by Gasteiger charge is 2.16. The fourth-order valence-electron chi connectivity index (χ4n) is 2.17. The fraction of sp³-hybridized carbons (Fsp3) is 0.0667. The number of oxazole rings is 1. The minimum atomic E-state index is -3.85. The lowest BCUT2D eigenvalue weighted by Crippen LogP contribution is -2.23. The van der Waals surface area contributed by atoms with Crippen molar-refractivity contribution in [2.45, 2.75) is 11.4 Å². The average molecular weight is 348 g/mol. The van der Waals surface area contributed by atoms with Gasteiger partial charge in [-0.25, -0.2) is 22.7 Å². The number of benzene rings is 2. The lowest BCUT2D eigenvalue weighted by molar-refractivity contribution is 0.0696. The Kier molecular flexibility index (Phi) is 3.96. The van der Waals surface area contributed by atoms with Crippen molar-refractivity contribution in [2.24, 2.45) is 0 Å². The quantitative estimate of drug-likeness (QED) is 0.637. The van der Waals surface area contributed by atoms with E-state index in [9.17, 15) is 18.0 Å². The number of nitrogens with one attached hydrogen (secondary N) is 2. The summed E-state index contributed by atoms with van der Waals surface area (Å²) < 4.78 is 31.9. The van der Waals surface area contributed by atoms with Crippen LogP contribution >= 0.6 is 0 Å². The molecule has 0 saturated carbocycles. The Hall–Kier alpha value is -2.91. The number of sulfonamides is 1. The van der Waals surface area contributed by atoms with Crippen LogP contribution in [0.15, 0.2) is 56.6 Å². The fourth-order valence-corrected chi connectivity index (χ4v) is 3.20. The zero-order valence-electron chi connectivity index (χ0n) is 12.1.